The largest absolute Gasteiger partial charge is 0.383 e. The topological polar surface area (TPSA) is 67.1 Å². The number of thioether (sulfide) groups is 1. The minimum atomic E-state index is 0.319. The molecule has 0 saturated heterocycles. The summed E-state index contributed by atoms with van der Waals surface area (Å²) in [6, 6.07) is 2.07. The van der Waals surface area contributed by atoms with Crippen molar-refractivity contribution in [2.45, 2.75) is 18.1 Å². The molecule has 0 spiro atoms. The highest BCUT2D eigenvalue weighted by atomic mass is 32.2. The number of hydrogen-bond donors (Lipinski definition) is 2. The molecule has 0 aliphatic heterocycles. The van der Waals surface area contributed by atoms with Crippen LogP contribution in [0.1, 0.15) is 6.92 Å². The summed E-state index contributed by atoms with van der Waals surface area (Å²) in [5.74, 6) is 1.28. The Kier molecular flexibility index (Phi) is 4.82. The first-order chi connectivity index (χ1) is 7.51. The number of hydrogen-bond acceptors (Lipinski definition) is 6. The van der Waals surface area contributed by atoms with Crippen LogP contribution in [0.2, 0.25) is 0 Å². The second-order valence-corrected chi connectivity index (χ2v) is 4.75. The molecule has 0 aliphatic rings. The van der Waals surface area contributed by atoms with Gasteiger partial charge in [0.2, 0.25) is 0 Å². The maximum absolute atomic E-state index is 5.70. The Morgan fingerprint density at radius 3 is 2.75 bits per heavy atom. The number of nitrogens with two attached hydrogens (primary N) is 1. The zero-order valence-corrected chi connectivity index (χ0v) is 11.0. The van der Waals surface area contributed by atoms with Crippen LogP contribution in [0.3, 0.4) is 0 Å². The molecule has 5 nitrogen and oxygen atoms in total. The van der Waals surface area contributed by atoms with E-state index in [0.29, 0.717) is 17.0 Å². The minimum absolute atomic E-state index is 0.319. The van der Waals surface area contributed by atoms with Crippen molar-refractivity contribution in [3.05, 3.63) is 6.07 Å². The van der Waals surface area contributed by atoms with E-state index in [0.717, 1.165) is 12.4 Å². The molecule has 1 aromatic rings. The number of nitrogens with zero attached hydrogens (tertiary/aromatic N) is 3. The Bertz CT molecular complexity index is 342. The van der Waals surface area contributed by atoms with Crippen LogP contribution in [-0.4, -0.2) is 47.8 Å². The number of nitrogen functional groups attached to an aromatic ring is 1. The molecular weight excluding hydrogens is 222 g/mol. The van der Waals surface area contributed by atoms with E-state index in [4.69, 9.17) is 5.73 Å². The molecular formula is C10H19N5S. The van der Waals surface area contributed by atoms with Crippen molar-refractivity contribution in [1.29, 1.82) is 0 Å². The molecule has 1 aromatic heterocycles. The Labute approximate surface area is 101 Å². The molecule has 90 valence electrons. The van der Waals surface area contributed by atoms with E-state index in [-0.39, 0.29) is 0 Å². The molecule has 1 heterocycles. The van der Waals surface area contributed by atoms with Crippen molar-refractivity contribution in [1.82, 2.24) is 14.9 Å². The summed E-state index contributed by atoms with van der Waals surface area (Å²) in [6.07, 6.45) is 1.93. The summed E-state index contributed by atoms with van der Waals surface area (Å²) < 4.78 is 0. The van der Waals surface area contributed by atoms with Gasteiger partial charge in [0.05, 0.1) is 0 Å². The van der Waals surface area contributed by atoms with Gasteiger partial charge in [-0.3, -0.25) is 0 Å². The molecule has 0 fully saturated rings. The number of likely N-dealkylation sites (N-methyl/N-ethyl adjacent to an activating group) is 1. The van der Waals surface area contributed by atoms with Gasteiger partial charge in [0.25, 0.3) is 0 Å². The van der Waals surface area contributed by atoms with E-state index in [1.807, 2.05) is 20.4 Å². The van der Waals surface area contributed by atoms with Crippen LogP contribution in [0.5, 0.6) is 0 Å². The smallest absolute Gasteiger partial charge is 0.191 e. The number of rotatable bonds is 5. The van der Waals surface area contributed by atoms with Crippen LogP contribution in [0.15, 0.2) is 11.2 Å². The quantitative estimate of drug-likeness (QED) is 0.595. The summed E-state index contributed by atoms with van der Waals surface area (Å²) >= 11 is 1.49. The third kappa shape index (κ3) is 4.24. The highest BCUT2D eigenvalue weighted by molar-refractivity contribution is 7.98. The van der Waals surface area contributed by atoms with Crippen molar-refractivity contribution in [2.75, 3.05) is 37.9 Å². The predicted octanol–water partition coefficient (Wildman–Crippen LogP) is 1.14. The van der Waals surface area contributed by atoms with Crippen LogP contribution < -0.4 is 11.1 Å². The van der Waals surface area contributed by atoms with Gasteiger partial charge in [-0.05, 0) is 27.3 Å². The average Bonchev–Trinajstić information content (AvgIpc) is 2.14. The molecule has 0 aliphatic carbocycles. The fourth-order valence-electron chi connectivity index (χ4n) is 1.45. The Morgan fingerprint density at radius 1 is 1.50 bits per heavy atom. The molecule has 0 amide bonds. The van der Waals surface area contributed by atoms with Crippen LogP contribution in [0.4, 0.5) is 11.6 Å². The molecule has 0 aromatic carbocycles. The van der Waals surface area contributed by atoms with Gasteiger partial charge < -0.3 is 16.0 Å². The van der Waals surface area contributed by atoms with Gasteiger partial charge in [0.1, 0.15) is 11.6 Å². The molecule has 0 bridgehead atoms. The SMILES string of the molecule is CSc1nc(N)cc(NC(C)CN(C)C)n1. The van der Waals surface area contributed by atoms with Gasteiger partial charge in [-0.2, -0.15) is 0 Å². The van der Waals surface area contributed by atoms with Gasteiger partial charge in [-0.15, -0.1) is 0 Å². The highest BCUT2D eigenvalue weighted by Crippen LogP contribution is 2.15. The first-order valence-corrected chi connectivity index (χ1v) is 6.33. The normalized spacial score (nSPS) is 12.8. The van der Waals surface area contributed by atoms with Crippen LogP contribution >= 0.6 is 11.8 Å². The van der Waals surface area contributed by atoms with Gasteiger partial charge in [-0.1, -0.05) is 11.8 Å². The minimum Gasteiger partial charge on any atom is -0.383 e. The lowest BCUT2D eigenvalue weighted by Crippen LogP contribution is -2.30. The fraction of sp³-hybridized carbons (Fsp3) is 0.600. The zero-order valence-electron chi connectivity index (χ0n) is 10.2. The lowest BCUT2D eigenvalue weighted by molar-refractivity contribution is 0.392. The van der Waals surface area contributed by atoms with Crippen LogP contribution in [0.25, 0.3) is 0 Å². The van der Waals surface area contributed by atoms with Crippen LogP contribution in [-0.2, 0) is 0 Å². The van der Waals surface area contributed by atoms with Crippen molar-refractivity contribution in [2.24, 2.45) is 0 Å². The third-order valence-electron chi connectivity index (χ3n) is 1.94. The highest BCUT2D eigenvalue weighted by Gasteiger charge is 2.06. The number of aromatic nitrogens is 2. The third-order valence-corrected chi connectivity index (χ3v) is 2.49. The van der Waals surface area contributed by atoms with Crippen molar-refractivity contribution >= 4 is 23.4 Å². The van der Waals surface area contributed by atoms with Gasteiger partial charge >= 0.3 is 0 Å². The van der Waals surface area contributed by atoms with E-state index in [1.165, 1.54) is 11.8 Å². The molecule has 3 N–H and O–H groups in total. The Morgan fingerprint density at radius 2 is 2.19 bits per heavy atom. The standard InChI is InChI=1S/C10H19N5S/c1-7(6-15(2)3)12-9-5-8(11)13-10(14-9)16-4/h5,7H,6H2,1-4H3,(H3,11,12,13,14). The monoisotopic (exact) mass is 241 g/mol. The van der Waals surface area contributed by atoms with Crippen molar-refractivity contribution < 1.29 is 0 Å². The second kappa shape index (κ2) is 5.91. The molecule has 0 saturated carbocycles. The lowest BCUT2D eigenvalue weighted by Gasteiger charge is -2.19. The summed E-state index contributed by atoms with van der Waals surface area (Å²) in [4.78, 5) is 10.6. The number of nitrogens with one attached hydrogen (secondary N) is 1. The fourth-order valence-corrected chi connectivity index (χ4v) is 1.84. The molecule has 1 unspecified atom stereocenters. The van der Waals surface area contributed by atoms with Crippen LogP contribution in [0, 0.1) is 0 Å². The van der Waals surface area contributed by atoms with Gasteiger partial charge in [0, 0.05) is 18.7 Å². The van der Waals surface area contributed by atoms with E-state index < -0.39 is 0 Å². The van der Waals surface area contributed by atoms with E-state index in [1.54, 1.807) is 6.07 Å². The van der Waals surface area contributed by atoms with E-state index >= 15 is 0 Å². The first-order valence-electron chi connectivity index (χ1n) is 5.11. The molecule has 0 radical (unpaired) electrons. The summed E-state index contributed by atoms with van der Waals surface area (Å²) in [5, 5.41) is 4.00. The summed E-state index contributed by atoms with van der Waals surface area (Å²) in [5.41, 5.74) is 5.70. The maximum atomic E-state index is 5.70. The molecule has 16 heavy (non-hydrogen) atoms. The maximum Gasteiger partial charge on any atom is 0.191 e. The predicted molar refractivity (Wildman–Crippen MR) is 69.9 cm³/mol. The van der Waals surface area contributed by atoms with Crippen molar-refractivity contribution in [3.63, 3.8) is 0 Å². The summed E-state index contributed by atoms with van der Waals surface area (Å²) in [6.45, 7) is 3.05. The number of anilines is 2. The zero-order chi connectivity index (χ0) is 12.1. The van der Waals surface area contributed by atoms with E-state index in [2.05, 4.69) is 27.1 Å². The lowest BCUT2D eigenvalue weighted by atomic mass is 10.3. The van der Waals surface area contributed by atoms with E-state index in [9.17, 15) is 0 Å². The Hall–Kier alpha value is -1.01. The van der Waals surface area contributed by atoms with Crippen molar-refractivity contribution in [3.8, 4) is 0 Å². The average molecular weight is 241 g/mol. The molecule has 1 atom stereocenters. The first kappa shape index (κ1) is 13.1. The molecule has 1 rings (SSSR count). The molecule has 6 heteroatoms. The Balaban J connectivity index is 2.69. The second-order valence-electron chi connectivity index (χ2n) is 3.97. The van der Waals surface area contributed by atoms with Gasteiger partial charge in [0.15, 0.2) is 5.16 Å². The summed E-state index contributed by atoms with van der Waals surface area (Å²) in [7, 11) is 4.08. The van der Waals surface area contributed by atoms with Gasteiger partial charge in [-0.25, -0.2) is 9.97 Å².